The van der Waals surface area contributed by atoms with Gasteiger partial charge in [0.2, 0.25) is 0 Å². The zero-order valence-corrected chi connectivity index (χ0v) is 11.4. The van der Waals surface area contributed by atoms with Gasteiger partial charge in [-0.25, -0.2) is 0 Å². The summed E-state index contributed by atoms with van der Waals surface area (Å²) in [6, 6.07) is 3.68. The standard InChI is InChI=1S/C12H16N2O3S/c1-4-18-9-5-8(17-12(2,3)7-13)6-14-10(9)11(15)16/h5-6,11,15-16H,4H2,1-3H3. The number of ether oxygens (including phenoxy) is 1. The van der Waals surface area contributed by atoms with Crippen LogP contribution in [-0.2, 0) is 0 Å². The van der Waals surface area contributed by atoms with Gasteiger partial charge in [0.05, 0.1) is 6.20 Å². The Labute approximate surface area is 110 Å². The average Bonchev–Trinajstić information content (AvgIpc) is 2.29. The molecule has 0 fully saturated rings. The molecule has 0 bridgehead atoms. The molecule has 1 aromatic rings. The Hall–Kier alpha value is -1.29. The van der Waals surface area contributed by atoms with E-state index < -0.39 is 11.9 Å². The minimum absolute atomic E-state index is 0.198. The van der Waals surface area contributed by atoms with Gasteiger partial charge in [0.1, 0.15) is 17.5 Å². The maximum Gasteiger partial charge on any atom is 0.197 e. The summed E-state index contributed by atoms with van der Waals surface area (Å²) in [5, 5.41) is 27.3. The van der Waals surface area contributed by atoms with Crippen LogP contribution >= 0.6 is 11.8 Å². The van der Waals surface area contributed by atoms with Crippen molar-refractivity contribution in [3.63, 3.8) is 0 Å². The molecule has 1 heterocycles. The SMILES string of the molecule is CCSc1cc(OC(C)(C)C#N)cnc1C(O)O. The van der Waals surface area contributed by atoms with Gasteiger partial charge < -0.3 is 14.9 Å². The summed E-state index contributed by atoms with van der Waals surface area (Å²) in [5.74, 6) is 1.20. The van der Waals surface area contributed by atoms with Crippen LogP contribution in [0, 0.1) is 11.3 Å². The summed E-state index contributed by atoms with van der Waals surface area (Å²) in [6.07, 6.45) is -0.231. The summed E-state index contributed by atoms with van der Waals surface area (Å²) in [4.78, 5) is 4.60. The molecule has 1 aromatic heterocycles. The van der Waals surface area contributed by atoms with Gasteiger partial charge >= 0.3 is 0 Å². The van der Waals surface area contributed by atoms with Gasteiger partial charge in [0, 0.05) is 4.90 Å². The molecule has 0 atom stereocenters. The number of hydrogen-bond donors (Lipinski definition) is 2. The van der Waals surface area contributed by atoms with Crippen molar-refractivity contribution >= 4 is 11.8 Å². The van der Waals surface area contributed by atoms with Gasteiger partial charge in [-0.1, -0.05) is 6.92 Å². The topological polar surface area (TPSA) is 86.4 Å². The van der Waals surface area contributed by atoms with Crippen LogP contribution < -0.4 is 4.74 Å². The number of thioether (sulfide) groups is 1. The Bertz CT molecular complexity index is 455. The van der Waals surface area contributed by atoms with E-state index in [9.17, 15) is 10.2 Å². The third-order valence-electron chi connectivity index (χ3n) is 2.04. The monoisotopic (exact) mass is 268 g/mol. The molecule has 0 amide bonds. The maximum absolute atomic E-state index is 9.19. The van der Waals surface area contributed by atoms with E-state index >= 15 is 0 Å². The molecule has 0 radical (unpaired) electrons. The molecule has 98 valence electrons. The van der Waals surface area contributed by atoms with Crippen LogP contribution in [0.3, 0.4) is 0 Å². The molecule has 0 spiro atoms. The van der Waals surface area contributed by atoms with E-state index in [0.717, 1.165) is 5.75 Å². The van der Waals surface area contributed by atoms with Crippen molar-refractivity contribution in [1.82, 2.24) is 4.98 Å². The highest BCUT2D eigenvalue weighted by Gasteiger charge is 2.20. The Morgan fingerprint density at radius 3 is 2.72 bits per heavy atom. The number of hydrogen-bond acceptors (Lipinski definition) is 6. The molecular formula is C12H16N2O3S. The van der Waals surface area contributed by atoms with Gasteiger partial charge in [0.15, 0.2) is 11.9 Å². The second-order valence-electron chi connectivity index (χ2n) is 4.09. The minimum Gasteiger partial charge on any atom is -0.471 e. The first kappa shape index (κ1) is 14.8. The first-order valence-corrected chi connectivity index (χ1v) is 6.47. The predicted molar refractivity (Wildman–Crippen MR) is 68.1 cm³/mol. The van der Waals surface area contributed by atoms with E-state index in [1.54, 1.807) is 19.9 Å². The molecule has 0 aliphatic carbocycles. The van der Waals surface area contributed by atoms with Crippen molar-refractivity contribution in [2.24, 2.45) is 0 Å². The lowest BCUT2D eigenvalue weighted by Crippen LogP contribution is -2.25. The van der Waals surface area contributed by atoms with E-state index in [1.165, 1.54) is 18.0 Å². The fourth-order valence-corrected chi connectivity index (χ4v) is 2.09. The molecule has 5 nitrogen and oxygen atoms in total. The van der Waals surface area contributed by atoms with Gasteiger partial charge in [-0.15, -0.1) is 11.8 Å². The van der Waals surface area contributed by atoms with E-state index in [2.05, 4.69) is 4.98 Å². The van der Waals surface area contributed by atoms with Crippen LogP contribution in [0.1, 0.15) is 32.8 Å². The Morgan fingerprint density at radius 1 is 1.56 bits per heavy atom. The first-order valence-electron chi connectivity index (χ1n) is 5.48. The number of rotatable bonds is 5. The molecule has 0 saturated carbocycles. The van der Waals surface area contributed by atoms with Crippen molar-refractivity contribution in [3.05, 3.63) is 18.0 Å². The molecule has 0 unspecified atom stereocenters. The van der Waals surface area contributed by atoms with Gasteiger partial charge in [-0.2, -0.15) is 5.26 Å². The number of aromatic nitrogens is 1. The van der Waals surface area contributed by atoms with Gasteiger partial charge in [-0.05, 0) is 25.7 Å². The summed E-state index contributed by atoms with van der Waals surface area (Å²) in [5.41, 5.74) is -0.751. The Balaban J connectivity index is 3.04. The lowest BCUT2D eigenvalue weighted by Gasteiger charge is -2.19. The first-order chi connectivity index (χ1) is 8.39. The highest BCUT2D eigenvalue weighted by atomic mass is 32.2. The number of aliphatic hydroxyl groups is 2. The molecule has 0 saturated heterocycles. The van der Waals surface area contributed by atoms with Crippen molar-refractivity contribution in [3.8, 4) is 11.8 Å². The molecule has 0 aliphatic heterocycles. The molecule has 0 aliphatic rings. The number of nitriles is 1. The van der Waals surface area contributed by atoms with Crippen molar-refractivity contribution < 1.29 is 14.9 Å². The number of nitrogens with zero attached hydrogens (tertiary/aromatic N) is 2. The third-order valence-corrected chi connectivity index (χ3v) is 2.97. The predicted octanol–water partition coefficient (Wildman–Crippen LogP) is 1.86. The second-order valence-corrected chi connectivity index (χ2v) is 5.39. The third kappa shape index (κ3) is 3.88. The lowest BCUT2D eigenvalue weighted by molar-refractivity contribution is -0.0480. The number of pyridine rings is 1. The molecular weight excluding hydrogens is 252 g/mol. The fourth-order valence-electron chi connectivity index (χ4n) is 1.28. The molecule has 6 heteroatoms. The van der Waals surface area contributed by atoms with Crippen LogP contribution in [0.5, 0.6) is 5.75 Å². The summed E-state index contributed by atoms with van der Waals surface area (Å²) in [7, 11) is 0. The molecule has 1 rings (SSSR count). The highest BCUT2D eigenvalue weighted by molar-refractivity contribution is 7.99. The van der Waals surface area contributed by atoms with Gasteiger partial charge in [-0.3, -0.25) is 4.98 Å². The Morgan fingerprint density at radius 2 is 2.22 bits per heavy atom. The number of aliphatic hydroxyl groups excluding tert-OH is 1. The van der Waals surface area contributed by atoms with Crippen molar-refractivity contribution in [1.29, 1.82) is 5.26 Å². The van der Waals surface area contributed by atoms with Crippen LogP contribution in [0.4, 0.5) is 0 Å². The van der Waals surface area contributed by atoms with E-state index in [0.29, 0.717) is 10.6 Å². The quantitative estimate of drug-likeness (QED) is 0.626. The largest absolute Gasteiger partial charge is 0.471 e. The zero-order chi connectivity index (χ0) is 13.8. The maximum atomic E-state index is 9.19. The van der Waals surface area contributed by atoms with Crippen LogP contribution in [0.2, 0.25) is 0 Å². The van der Waals surface area contributed by atoms with Crippen molar-refractivity contribution in [2.45, 2.75) is 37.6 Å². The molecule has 0 aromatic carbocycles. The average molecular weight is 268 g/mol. The van der Waals surface area contributed by atoms with E-state index in [-0.39, 0.29) is 5.69 Å². The second kappa shape index (κ2) is 6.05. The molecule has 18 heavy (non-hydrogen) atoms. The molecule has 2 N–H and O–H groups in total. The fraction of sp³-hybridized carbons (Fsp3) is 0.500. The van der Waals surface area contributed by atoms with Crippen molar-refractivity contribution in [2.75, 3.05) is 5.75 Å². The van der Waals surface area contributed by atoms with E-state index in [1.807, 2.05) is 13.0 Å². The Kier molecular flexibility index (Phi) is 4.96. The van der Waals surface area contributed by atoms with Gasteiger partial charge in [0.25, 0.3) is 0 Å². The summed E-state index contributed by atoms with van der Waals surface area (Å²) < 4.78 is 5.47. The smallest absolute Gasteiger partial charge is 0.197 e. The highest BCUT2D eigenvalue weighted by Crippen LogP contribution is 2.29. The lowest BCUT2D eigenvalue weighted by atomic mass is 10.2. The van der Waals surface area contributed by atoms with E-state index in [4.69, 9.17) is 10.00 Å². The minimum atomic E-state index is -1.61. The van der Waals surface area contributed by atoms with Crippen LogP contribution in [0.15, 0.2) is 17.2 Å². The normalized spacial score (nSPS) is 11.4. The van der Waals surface area contributed by atoms with Crippen LogP contribution in [0.25, 0.3) is 0 Å². The van der Waals surface area contributed by atoms with Crippen LogP contribution in [-0.4, -0.2) is 26.6 Å². The summed E-state index contributed by atoms with van der Waals surface area (Å²) in [6.45, 7) is 5.24. The zero-order valence-electron chi connectivity index (χ0n) is 10.5. The summed E-state index contributed by atoms with van der Waals surface area (Å²) >= 11 is 1.43.